The van der Waals surface area contributed by atoms with Crippen LogP contribution in [-0.2, 0) is 19.6 Å². The van der Waals surface area contributed by atoms with Crippen molar-refractivity contribution < 1.29 is 22.7 Å². The lowest BCUT2D eigenvalue weighted by Crippen LogP contribution is -2.28. The highest BCUT2D eigenvalue weighted by Crippen LogP contribution is 2.24. The second-order valence-corrected chi connectivity index (χ2v) is 9.14. The normalized spacial score (nSPS) is 14.6. The van der Waals surface area contributed by atoms with Gasteiger partial charge in [-0.05, 0) is 49.2 Å². The molecule has 1 aliphatic rings. The van der Waals surface area contributed by atoms with Crippen molar-refractivity contribution in [1.29, 1.82) is 0 Å². The topological polar surface area (TPSA) is 92.8 Å². The first-order valence-electron chi connectivity index (χ1n) is 8.79. The number of amides is 1. The quantitative estimate of drug-likeness (QED) is 0.670. The van der Waals surface area contributed by atoms with Crippen LogP contribution in [0.15, 0.2) is 47.4 Å². The van der Waals surface area contributed by atoms with E-state index in [1.165, 1.54) is 34.6 Å². The van der Waals surface area contributed by atoms with Crippen molar-refractivity contribution in [2.75, 3.05) is 25.0 Å². The maximum atomic E-state index is 12.6. The van der Waals surface area contributed by atoms with Gasteiger partial charge in [0.05, 0.1) is 20.5 Å². The molecule has 0 unspecified atom stereocenters. The van der Waals surface area contributed by atoms with Gasteiger partial charge in [-0.3, -0.25) is 4.79 Å². The fourth-order valence-corrected chi connectivity index (χ4v) is 4.71. The molecule has 0 aliphatic carbocycles. The first-order chi connectivity index (χ1) is 13.8. The number of ether oxygens (including phenoxy) is 1. The van der Waals surface area contributed by atoms with Crippen molar-refractivity contribution in [3.05, 3.63) is 58.1 Å². The Morgan fingerprint density at radius 3 is 2.45 bits per heavy atom. The number of benzene rings is 2. The van der Waals surface area contributed by atoms with Crippen molar-refractivity contribution in [1.82, 2.24) is 4.31 Å². The second kappa shape index (κ2) is 9.13. The van der Waals surface area contributed by atoms with E-state index in [-0.39, 0.29) is 15.5 Å². The molecule has 0 spiro atoms. The molecule has 1 heterocycles. The van der Waals surface area contributed by atoms with Gasteiger partial charge in [-0.2, -0.15) is 4.31 Å². The number of hydrogen-bond donors (Lipinski definition) is 1. The smallest absolute Gasteiger partial charge is 0.338 e. The van der Waals surface area contributed by atoms with Gasteiger partial charge in [0.25, 0.3) is 5.91 Å². The van der Waals surface area contributed by atoms with Crippen LogP contribution >= 0.6 is 23.2 Å². The fourth-order valence-electron chi connectivity index (χ4n) is 2.85. The van der Waals surface area contributed by atoms with Crippen molar-refractivity contribution in [3.63, 3.8) is 0 Å². The van der Waals surface area contributed by atoms with E-state index in [1.807, 2.05) is 0 Å². The van der Waals surface area contributed by atoms with E-state index in [2.05, 4.69) is 5.32 Å². The summed E-state index contributed by atoms with van der Waals surface area (Å²) in [4.78, 5) is 24.2. The Hall–Kier alpha value is -2.13. The first-order valence-corrected chi connectivity index (χ1v) is 11.0. The predicted molar refractivity (Wildman–Crippen MR) is 110 cm³/mol. The molecule has 0 radical (unpaired) electrons. The molecule has 10 heteroatoms. The third-order valence-corrected chi connectivity index (χ3v) is 6.94. The lowest BCUT2D eigenvalue weighted by atomic mass is 10.2. The monoisotopic (exact) mass is 456 g/mol. The highest BCUT2D eigenvalue weighted by molar-refractivity contribution is 7.89. The molecule has 1 aliphatic heterocycles. The molecular weight excluding hydrogens is 439 g/mol. The summed E-state index contributed by atoms with van der Waals surface area (Å²) >= 11 is 11.7. The summed E-state index contributed by atoms with van der Waals surface area (Å²) < 4.78 is 31.6. The van der Waals surface area contributed by atoms with Crippen molar-refractivity contribution in [2.24, 2.45) is 0 Å². The summed E-state index contributed by atoms with van der Waals surface area (Å²) in [6, 6.07) is 10.2. The van der Waals surface area contributed by atoms with Gasteiger partial charge in [0.15, 0.2) is 6.61 Å². The zero-order chi connectivity index (χ0) is 21.0. The van der Waals surface area contributed by atoms with Crippen LogP contribution in [0.4, 0.5) is 5.69 Å². The van der Waals surface area contributed by atoms with Crippen LogP contribution in [0.1, 0.15) is 23.2 Å². The van der Waals surface area contributed by atoms with E-state index in [4.69, 9.17) is 27.9 Å². The molecule has 2 aromatic carbocycles. The van der Waals surface area contributed by atoms with Crippen LogP contribution in [0.3, 0.4) is 0 Å². The minimum absolute atomic E-state index is 0.102. The molecule has 3 rings (SSSR count). The molecule has 154 valence electrons. The summed E-state index contributed by atoms with van der Waals surface area (Å²) in [5, 5.41) is 3.02. The molecule has 1 amide bonds. The number of nitrogens with one attached hydrogen (secondary N) is 1. The Kier molecular flexibility index (Phi) is 6.79. The Morgan fingerprint density at radius 1 is 1.03 bits per heavy atom. The first kappa shape index (κ1) is 21.6. The van der Waals surface area contributed by atoms with Gasteiger partial charge < -0.3 is 10.1 Å². The van der Waals surface area contributed by atoms with Gasteiger partial charge in [0.2, 0.25) is 10.0 Å². The number of carbonyl (C=O) groups excluding carboxylic acids is 2. The predicted octanol–water partition coefficient (Wildman–Crippen LogP) is 3.57. The number of hydrogen-bond acceptors (Lipinski definition) is 5. The summed E-state index contributed by atoms with van der Waals surface area (Å²) in [5.74, 6) is -1.33. The van der Waals surface area contributed by atoms with Gasteiger partial charge in [0, 0.05) is 18.8 Å². The van der Waals surface area contributed by atoms with E-state index in [1.54, 1.807) is 12.1 Å². The molecule has 0 aromatic heterocycles. The average molecular weight is 457 g/mol. The van der Waals surface area contributed by atoms with E-state index in [0.29, 0.717) is 23.8 Å². The highest BCUT2D eigenvalue weighted by Gasteiger charge is 2.27. The molecule has 29 heavy (non-hydrogen) atoms. The number of rotatable bonds is 6. The molecule has 7 nitrogen and oxygen atoms in total. The van der Waals surface area contributed by atoms with Crippen molar-refractivity contribution >= 4 is 50.8 Å². The van der Waals surface area contributed by atoms with Gasteiger partial charge in [-0.1, -0.05) is 29.3 Å². The summed E-state index contributed by atoms with van der Waals surface area (Å²) in [6.45, 7) is 0.440. The van der Waals surface area contributed by atoms with Crippen LogP contribution in [0.5, 0.6) is 0 Å². The summed E-state index contributed by atoms with van der Waals surface area (Å²) in [6.07, 6.45) is 1.67. The molecule has 1 N–H and O–H groups in total. The van der Waals surface area contributed by atoms with Crippen LogP contribution < -0.4 is 5.32 Å². The maximum absolute atomic E-state index is 12.6. The number of anilines is 1. The van der Waals surface area contributed by atoms with Gasteiger partial charge in [-0.25, -0.2) is 13.2 Å². The lowest BCUT2D eigenvalue weighted by Gasteiger charge is -2.16. The minimum atomic E-state index is -3.59. The third-order valence-electron chi connectivity index (χ3n) is 4.31. The Balaban J connectivity index is 1.60. The van der Waals surface area contributed by atoms with Gasteiger partial charge >= 0.3 is 5.97 Å². The maximum Gasteiger partial charge on any atom is 0.338 e. The molecule has 1 saturated heterocycles. The van der Waals surface area contributed by atoms with Crippen LogP contribution in [0.2, 0.25) is 10.0 Å². The van der Waals surface area contributed by atoms with E-state index >= 15 is 0 Å². The number of esters is 1. The molecule has 2 aromatic rings. The SMILES string of the molecule is O=C(COC(=O)c1ccc(Cl)c(Cl)c1)Nc1cccc(S(=O)(=O)N2CCCC2)c1. The third kappa shape index (κ3) is 5.27. The Bertz CT molecular complexity index is 1040. The van der Waals surface area contributed by atoms with Gasteiger partial charge in [0.1, 0.15) is 0 Å². The van der Waals surface area contributed by atoms with Crippen molar-refractivity contribution in [2.45, 2.75) is 17.7 Å². The number of nitrogens with zero attached hydrogens (tertiary/aromatic N) is 1. The average Bonchev–Trinajstić information content (AvgIpc) is 3.24. The van der Waals surface area contributed by atoms with E-state index in [0.717, 1.165) is 12.8 Å². The van der Waals surface area contributed by atoms with Crippen molar-refractivity contribution in [3.8, 4) is 0 Å². The molecule has 0 bridgehead atoms. The standard InChI is InChI=1S/C19H18Cl2N2O5S/c20-16-7-6-13(10-17(16)21)19(25)28-12-18(24)22-14-4-3-5-15(11-14)29(26,27)23-8-1-2-9-23/h3-7,10-11H,1-2,8-9,12H2,(H,22,24). The Morgan fingerprint density at radius 2 is 1.76 bits per heavy atom. The Labute approximate surface area is 178 Å². The minimum Gasteiger partial charge on any atom is -0.452 e. The van der Waals surface area contributed by atoms with Crippen LogP contribution in [0.25, 0.3) is 0 Å². The lowest BCUT2D eigenvalue weighted by molar-refractivity contribution is -0.119. The van der Waals surface area contributed by atoms with Crippen LogP contribution in [-0.4, -0.2) is 44.3 Å². The molecular formula is C19H18Cl2N2O5S. The number of sulfonamides is 1. The molecule has 0 saturated carbocycles. The van der Waals surface area contributed by atoms with E-state index < -0.39 is 28.5 Å². The second-order valence-electron chi connectivity index (χ2n) is 6.39. The van der Waals surface area contributed by atoms with E-state index in [9.17, 15) is 18.0 Å². The fraction of sp³-hybridized carbons (Fsp3) is 0.263. The summed E-state index contributed by atoms with van der Waals surface area (Å²) in [5.41, 5.74) is 0.451. The van der Waals surface area contributed by atoms with Gasteiger partial charge in [-0.15, -0.1) is 0 Å². The van der Waals surface area contributed by atoms with Crippen LogP contribution in [0, 0.1) is 0 Å². The molecule has 1 fully saturated rings. The largest absolute Gasteiger partial charge is 0.452 e. The summed E-state index contributed by atoms with van der Waals surface area (Å²) in [7, 11) is -3.59. The molecule has 0 atom stereocenters. The number of halogens is 2. The zero-order valence-corrected chi connectivity index (χ0v) is 17.6. The highest BCUT2D eigenvalue weighted by atomic mass is 35.5. The number of carbonyl (C=O) groups is 2. The zero-order valence-electron chi connectivity index (χ0n) is 15.2.